The van der Waals surface area contributed by atoms with Crippen LogP contribution in [0.25, 0.3) is 21.9 Å². The topological polar surface area (TPSA) is 79.0 Å². The molecule has 2 N–H and O–H groups in total. The number of likely N-dealkylation sites (tertiary alicyclic amines) is 1. The molecule has 1 aliphatic rings. The lowest BCUT2D eigenvalue weighted by molar-refractivity contribution is -0.345. The highest BCUT2D eigenvalue weighted by atomic mass is 16.1. The Kier molecular flexibility index (Phi) is 4.61. The fourth-order valence-corrected chi connectivity index (χ4v) is 4.72. The van der Waals surface area contributed by atoms with E-state index in [-0.39, 0.29) is 11.5 Å². The molecule has 0 bridgehead atoms. The Hall–Kier alpha value is -3.43. The first-order chi connectivity index (χ1) is 14.6. The van der Waals surface area contributed by atoms with Crippen molar-refractivity contribution in [1.29, 1.82) is 5.26 Å². The SMILES string of the molecule is C[C@@H]1CCN(Cc2cccc(C#N)c2)C[C@@H]1n1ccc(=O)c2c[nH+]c3[nH]ccc3c21. The summed E-state index contributed by atoms with van der Waals surface area (Å²) in [5.41, 5.74) is 3.81. The van der Waals surface area contributed by atoms with Crippen molar-refractivity contribution in [3.8, 4) is 6.07 Å². The number of aromatic amines is 2. The molecule has 150 valence electrons. The Morgan fingerprint density at radius 2 is 2.17 bits per heavy atom. The average molecular weight is 398 g/mol. The number of H-pyrrole nitrogens is 2. The fourth-order valence-electron chi connectivity index (χ4n) is 4.72. The van der Waals surface area contributed by atoms with Crippen molar-refractivity contribution in [3.63, 3.8) is 0 Å². The molecule has 5 rings (SSSR count). The van der Waals surface area contributed by atoms with Gasteiger partial charge in [0.2, 0.25) is 0 Å². The van der Waals surface area contributed by atoms with Crippen LogP contribution in [0.15, 0.2) is 59.8 Å². The first-order valence-corrected chi connectivity index (χ1v) is 10.4. The van der Waals surface area contributed by atoms with Gasteiger partial charge in [-0.25, -0.2) is 9.97 Å². The molecular formula is C24H24N5O+. The molecule has 2 atom stereocenters. The number of hydrogen-bond donors (Lipinski definition) is 1. The zero-order valence-electron chi connectivity index (χ0n) is 16.9. The van der Waals surface area contributed by atoms with Gasteiger partial charge in [-0.05, 0) is 42.6 Å². The van der Waals surface area contributed by atoms with E-state index in [1.54, 1.807) is 6.07 Å². The maximum atomic E-state index is 12.5. The molecule has 0 amide bonds. The molecule has 1 aliphatic heterocycles. The van der Waals surface area contributed by atoms with Crippen LogP contribution in [-0.4, -0.2) is 27.5 Å². The fraction of sp³-hybridized carbons (Fsp3) is 0.292. The molecule has 30 heavy (non-hydrogen) atoms. The molecular weight excluding hydrogens is 374 g/mol. The second-order valence-corrected chi connectivity index (χ2v) is 8.29. The minimum atomic E-state index is 0.0363. The second kappa shape index (κ2) is 7.43. The molecule has 6 nitrogen and oxygen atoms in total. The summed E-state index contributed by atoms with van der Waals surface area (Å²) in [4.78, 5) is 21.4. The van der Waals surface area contributed by atoms with Crippen molar-refractivity contribution in [3.05, 3.63) is 76.3 Å². The number of aromatic nitrogens is 3. The Morgan fingerprint density at radius 1 is 1.27 bits per heavy atom. The van der Waals surface area contributed by atoms with Crippen molar-refractivity contribution in [2.24, 2.45) is 5.92 Å². The number of nitrogens with zero attached hydrogens (tertiary/aromatic N) is 3. The Morgan fingerprint density at radius 3 is 3.03 bits per heavy atom. The Bertz CT molecular complexity index is 1330. The molecule has 1 fully saturated rings. The van der Waals surface area contributed by atoms with Gasteiger partial charge in [-0.3, -0.25) is 9.69 Å². The highest BCUT2D eigenvalue weighted by Gasteiger charge is 2.29. The van der Waals surface area contributed by atoms with E-state index in [1.165, 1.54) is 0 Å². The molecule has 4 heterocycles. The smallest absolute Gasteiger partial charge is 0.286 e. The summed E-state index contributed by atoms with van der Waals surface area (Å²) in [7, 11) is 0. The van der Waals surface area contributed by atoms with Crippen LogP contribution in [-0.2, 0) is 6.54 Å². The van der Waals surface area contributed by atoms with Gasteiger partial charge in [-0.15, -0.1) is 0 Å². The van der Waals surface area contributed by atoms with Gasteiger partial charge in [0.05, 0.1) is 34.1 Å². The molecule has 1 saturated heterocycles. The zero-order chi connectivity index (χ0) is 20.7. The van der Waals surface area contributed by atoms with Crippen LogP contribution in [0.2, 0.25) is 0 Å². The third kappa shape index (κ3) is 3.17. The molecule has 3 aromatic heterocycles. The summed E-state index contributed by atoms with van der Waals surface area (Å²) in [6.45, 7) is 5.05. The molecule has 1 aromatic carbocycles. The number of nitrogens with one attached hydrogen (secondary N) is 2. The third-order valence-electron chi connectivity index (χ3n) is 6.35. The van der Waals surface area contributed by atoms with Gasteiger partial charge in [0.25, 0.3) is 5.65 Å². The normalized spacial score (nSPS) is 19.9. The molecule has 0 aliphatic carbocycles. The molecule has 0 saturated carbocycles. The minimum absolute atomic E-state index is 0.0363. The number of nitriles is 1. The van der Waals surface area contributed by atoms with Gasteiger partial charge in [0.1, 0.15) is 6.20 Å². The summed E-state index contributed by atoms with van der Waals surface area (Å²) >= 11 is 0. The Labute approximate surface area is 174 Å². The summed E-state index contributed by atoms with van der Waals surface area (Å²) in [6, 6.07) is 14.1. The van der Waals surface area contributed by atoms with Crippen LogP contribution in [0.1, 0.15) is 30.5 Å². The molecule has 4 aromatic rings. The number of piperidine rings is 1. The highest BCUT2D eigenvalue weighted by Crippen LogP contribution is 2.32. The summed E-state index contributed by atoms with van der Waals surface area (Å²) < 4.78 is 2.29. The predicted molar refractivity (Wildman–Crippen MR) is 116 cm³/mol. The Balaban J connectivity index is 1.53. The van der Waals surface area contributed by atoms with Crippen LogP contribution in [0, 0.1) is 17.2 Å². The lowest BCUT2D eigenvalue weighted by Crippen LogP contribution is -2.40. The van der Waals surface area contributed by atoms with Crippen LogP contribution < -0.4 is 10.4 Å². The van der Waals surface area contributed by atoms with Gasteiger partial charge < -0.3 is 4.57 Å². The predicted octanol–water partition coefficient (Wildman–Crippen LogP) is 3.25. The van der Waals surface area contributed by atoms with Crippen LogP contribution >= 0.6 is 0 Å². The quantitative estimate of drug-likeness (QED) is 0.575. The summed E-state index contributed by atoms with van der Waals surface area (Å²) in [5, 5.41) is 10.9. The highest BCUT2D eigenvalue weighted by molar-refractivity contribution is 6.00. The van der Waals surface area contributed by atoms with E-state index in [9.17, 15) is 10.1 Å². The van der Waals surface area contributed by atoms with Gasteiger partial charge in [0.15, 0.2) is 5.43 Å². The van der Waals surface area contributed by atoms with E-state index in [1.807, 2.05) is 42.9 Å². The molecule has 0 unspecified atom stereocenters. The van der Waals surface area contributed by atoms with Crippen molar-refractivity contribution in [2.75, 3.05) is 13.1 Å². The maximum absolute atomic E-state index is 12.5. The van der Waals surface area contributed by atoms with Crippen LogP contribution in [0.4, 0.5) is 0 Å². The average Bonchev–Trinajstić information content (AvgIpc) is 3.25. The lowest BCUT2D eigenvalue weighted by Gasteiger charge is -2.39. The zero-order valence-corrected chi connectivity index (χ0v) is 16.9. The van der Waals surface area contributed by atoms with Crippen LogP contribution in [0.5, 0.6) is 0 Å². The second-order valence-electron chi connectivity index (χ2n) is 8.29. The van der Waals surface area contributed by atoms with E-state index >= 15 is 0 Å². The molecule has 0 radical (unpaired) electrons. The lowest BCUT2D eigenvalue weighted by atomic mass is 9.92. The van der Waals surface area contributed by atoms with Crippen molar-refractivity contribution in [2.45, 2.75) is 25.9 Å². The van der Waals surface area contributed by atoms with Crippen LogP contribution in [0.3, 0.4) is 0 Å². The first-order valence-electron chi connectivity index (χ1n) is 10.4. The van der Waals surface area contributed by atoms with E-state index in [2.05, 4.69) is 38.5 Å². The van der Waals surface area contributed by atoms with Crippen molar-refractivity contribution < 1.29 is 4.98 Å². The molecule has 0 spiro atoms. The molecule has 6 heteroatoms. The number of fused-ring (bicyclic) bond motifs is 3. The monoisotopic (exact) mass is 398 g/mol. The summed E-state index contributed by atoms with van der Waals surface area (Å²) in [6.07, 6.45) is 6.76. The van der Waals surface area contributed by atoms with E-state index in [4.69, 9.17) is 0 Å². The van der Waals surface area contributed by atoms with Gasteiger partial charge in [-0.1, -0.05) is 19.1 Å². The van der Waals surface area contributed by atoms with Gasteiger partial charge in [0, 0.05) is 31.4 Å². The van der Waals surface area contributed by atoms with Crippen molar-refractivity contribution >= 4 is 21.9 Å². The number of benzene rings is 1. The van der Waals surface area contributed by atoms with Crippen molar-refractivity contribution in [1.82, 2.24) is 14.5 Å². The van der Waals surface area contributed by atoms with E-state index in [0.29, 0.717) is 11.5 Å². The first kappa shape index (κ1) is 18.6. The number of pyridine rings is 2. The van der Waals surface area contributed by atoms with Gasteiger partial charge in [-0.2, -0.15) is 5.26 Å². The largest absolute Gasteiger partial charge is 0.342 e. The standard InChI is InChI=1S/C24H23N5O/c1-16-6-9-28(14-18-4-2-3-17(11-18)12-25)15-21(16)29-10-7-22(30)20-13-27-24-19(23(20)29)5-8-26-24/h2-5,7-8,10-11,13,16,21H,6,9,14-15H2,1H3,(H,26,27)/p+1/t16-,21+/m1/s1. The van der Waals surface area contributed by atoms with E-state index in [0.717, 1.165) is 53.6 Å². The maximum Gasteiger partial charge on any atom is 0.286 e. The number of rotatable bonds is 3. The minimum Gasteiger partial charge on any atom is -0.342 e. The van der Waals surface area contributed by atoms with Gasteiger partial charge >= 0.3 is 0 Å². The van der Waals surface area contributed by atoms with E-state index < -0.39 is 0 Å². The summed E-state index contributed by atoms with van der Waals surface area (Å²) in [5.74, 6) is 0.496. The third-order valence-corrected chi connectivity index (χ3v) is 6.35. The number of hydrogen-bond acceptors (Lipinski definition) is 3.